The first kappa shape index (κ1) is 10.2. The van der Waals surface area contributed by atoms with E-state index in [4.69, 9.17) is 5.11 Å². The summed E-state index contributed by atoms with van der Waals surface area (Å²) < 4.78 is 21.5. The lowest BCUT2D eigenvalue weighted by atomic mass is 10.1. The molecule has 0 spiro atoms. The molecule has 1 aromatic rings. The molecule has 1 aromatic carbocycles. The molecule has 72 valence electrons. The summed E-state index contributed by atoms with van der Waals surface area (Å²) in [5.41, 5.74) is 0.716. The first-order valence-electron chi connectivity index (χ1n) is 4.02. The normalized spacial score (nSPS) is 15.2. The third-order valence-corrected chi connectivity index (χ3v) is 2.94. The van der Waals surface area contributed by atoms with Crippen molar-refractivity contribution >= 4 is 11.1 Å². The molecule has 0 amide bonds. The van der Waals surface area contributed by atoms with Crippen molar-refractivity contribution in [2.24, 2.45) is 0 Å². The van der Waals surface area contributed by atoms with Gasteiger partial charge in [0.1, 0.15) is 5.75 Å². The second kappa shape index (κ2) is 4.39. The molecule has 13 heavy (non-hydrogen) atoms. The SMILES string of the molecule is CCC(c1ccc(O)cc1)S(=O)[O-]. The smallest absolute Gasteiger partial charge is 0.115 e. The first-order chi connectivity index (χ1) is 6.15. The van der Waals surface area contributed by atoms with Crippen LogP contribution in [-0.4, -0.2) is 13.9 Å². The van der Waals surface area contributed by atoms with Gasteiger partial charge in [-0.15, -0.1) is 0 Å². The number of hydrogen-bond donors (Lipinski definition) is 1. The summed E-state index contributed by atoms with van der Waals surface area (Å²) >= 11 is -2.09. The van der Waals surface area contributed by atoms with Gasteiger partial charge in [0, 0.05) is 5.25 Å². The number of aromatic hydroxyl groups is 1. The lowest BCUT2D eigenvalue weighted by Crippen LogP contribution is -2.03. The number of phenols is 1. The average Bonchev–Trinajstić information content (AvgIpc) is 2.09. The van der Waals surface area contributed by atoms with Crippen LogP contribution in [0.5, 0.6) is 5.75 Å². The molecule has 0 bridgehead atoms. The van der Waals surface area contributed by atoms with Gasteiger partial charge in [0.25, 0.3) is 0 Å². The van der Waals surface area contributed by atoms with Crippen LogP contribution in [0.25, 0.3) is 0 Å². The van der Waals surface area contributed by atoms with Crippen molar-refractivity contribution in [2.75, 3.05) is 0 Å². The van der Waals surface area contributed by atoms with Crippen LogP contribution < -0.4 is 0 Å². The van der Waals surface area contributed by atoms with Gasteiger partial charge in [-0.3, -0.25) is 4.21 Å². The summed E-state index contributed by atoms with van der Waals surface area (Å²) in [6.45, 7) is 1.81. The van der Waals surface area contributed by atoms with Crippen molar-refractivity contribution in [1.82, 2.24) is 0 Å². The molecule has 2 unspecified atom stereocenters. The first-order valence-corrected chi connectivity index (χ1v) is 5.16. The molecule has 2 atom stereocenters. The Balaban J connectivity index is 2.92. The van der Waals surface area contributed by atoms with E-state index in [-0.39, 0.29) is 5.75 Å². The molecule has 1 N–H and O–H groups in total. The number of hydrogen-bond acceptors (Lipinski definition) is 3. The second-order valence-corrected chi connectivity index (χ2v) is 3.84. The Labute approximate surface area is 79.7 Å². The van der Waals surface area contributed by atoms with Crippen molar-refractivity contribution in [1.29, 1.82) is 0 Å². The third kappa shape index (κ3) is 2.54. The highest BCUT2D eigenvalue weighted by Crippen LogP contribution is 2.23. The molecule has 0 aliphatic rings. The minimum Gasteiger partial charge on any atom is -0.772 e. The maximum atomic E-state index is 10.8. The summed E-state index contributed by atoms with van der Waals surface area (Å²) in [5.74, 6) is 0.148. The predicted octanol–water partition coefficient (Wildman–Crippen LogP) is 1.72. The van der Waals surface area contributed by atoms with Crippen molar-refractivity contribution in [3.05, 3.63) is 29.8 Å². The van der Waals surface area contributed by atoms with Crippen LogP contribution in [0.4, 0.5) is 0 Å². The number of benzene rings is 1. The lowest BCUT2D eigenvalue weighted by molar-refractivity contribution is 0.474. The van der Waals surface area contributed by atoms with Gasteiger partial charge in [-0.2, -0.15) is 0 Å². The van der Waals surface area contributed by atoms with Crippen LogP contribution in [0.1, 0.15) is 24.2 Å². The van der Waals surface area contributed by atoms with Crippen molar-refractivity contribution in [2.45, 2.75) is 18.6 Å². The van der Waals surface area contributed by atoms with E-state index >= 15 is 0 Å². The molecule has 0 radical (unpaired) electrons. The highest BCUT2D eigenvalue weighted by Gasteiger charge is 2.08. The fraction of sp³-hybridized carbons (Fsp3) is 0.333. The minimum atomic E-state index is -2.09. The van der Waals surface area contributed by atoms with Gasteiger partial charge in [-0.25, -0.2) is 0 Å². The minimum absolute atomic E-state index is 0.148. The van der Waals surface area contributed by atoms with Crippen molar-refractivity contribution in [3.63, 3.8) is 0 Å². The largest absolute Gasteiger partial charge is 0.772 e. The van der Waals surface area contributed by atoms with Gasteiger partial charge in [0.2, 0.25) is 0 Å². The van der Waals surface area contributed by atoms with Gasteiger partial charge in [-0.1, -0.05) is 19.1 Å². The van der Waals surface area contributed by atoms with E-state index in [2.05, 4.69) is 0 Å². The highest BCUT2D eigenvalue weighted by atomic mass is 32.2. The topological polar surface area (TPSA) is 60.4 Å². The van der Waals surface area contributed by atoms with E-state index in [0.29, 0.717) is 12.0 Å². The molecule has 0 saturated heterocycles. The van der Waals surface area contributed by atoms with Crippen LogP contribution in [-0.2, 0) is 11.1 Å². The van der Waals surface area contributed by atoms with Crippen molar-refractivity contribution < 1.29 is 13.9 Å². The molecule has 0 aromatic heterocycles. The van der Waals surface area contributed by atoms with Crippen LogP contribution in [0.2, 0.25) is 0 Å². The predicted molar refractivity (Wildman–Crippen MR) is 50.1 cm³/mol. The highest BCUT2D eigenvalue weighted by molar-refractivity contribution is 7.79. The van der Waals surface area contributed by atoms with Crippen LogP contribution in [0.15, 0.2) is 24.3 Å². The van der Waals surface area contributed by atoms with E-state index in [1.807, 2.05) is 6.92 Å². The summed E-state index contributed by atoms with van der Waals surface area (Å²) in [4.78, 5) is 0. The van der Waals surface area contributed by atoms with Gasteiger partial charge < -0.3 is 9.66 Å². The van der Waals surface area contributed by atoms with Crippen LogP contribution in [0.3, 0.4) is 0 Å². The van der Waals surface area contributed by atoms with Crippen LogP contribution >= 0.6 is 0 Å². The lowest BCUT2D eigenvalue weighted by Gasteiger charge is -2.17. The molecule has 3 nitrogen and oxygen atoms in total. The van der Waals surface area contributed by atoms with E-state index in [9.17, 15) is 8.76 Å². The molecule has 0 aliphatic heterocycles. The van der Waals surface area contributed by atoms with E-state index in [1.54, 1.807) is 12.1 Å². The number of phenolic OH excluding ortho intramolecular Hbond substituents is 1. The fourth-order valence-electron chi connectivity index (χ4n) is 1.17. The van der Waals surface area contributed by atoms with E-state index in [0.717, 1.165) is 0 Å². The average molecular weight is 199 g/mol. The third-order valence-electron chi connectivity index (χ3n) is 1.87. The quantitative estimate of drug-likeness (QED) is 0.754. The number of rotatable bonds is 3. The Bertz CT molecular complexity index is 294. The molecule has 0 heterocycles. The maximum Gasteiger partial charge on any atom is 0.115 e. The Kier molecular flexibility index (Phi) is 3.45. The van der Waals surface area contributed by atoms with Crippen LogP contribution in [0, 0.1) is 0 Å². The van der Waals surface area contributed by atoms with Gasteiger partial charge >= 0.3 is 0 Å². The zero-order chi connectivity index (χ0) is 9.84. The molecule has 4 heteroatoms. The summed E-state index contributed by atoms with van der Waals surface area (Å²) in [7, 11) is 0. The second-order valence-electron chi connectivity index (χ2n) is 2.75. The zero-order valence-corrected chi connectivity index (χ0v) is 8.08. The maximum absolute atomic E-state index is 10.8. The molecule has 0 saturated carbocycles. The van der Waals surface area contributed by atoms with Gasteiger partial charge in [0.15, 0.2) is 0 Å². The Morgan fingerprint density at radius 2 is 2.00 bits per heavy atom. The summed E-state index contributed by atoms with van der Waals surface area (Å²) in [5, 5.41) is 8.52. The van der Waals surface area contributed by atoms with Gasteiger partial charge in [-0.05, 0) is 35.2 Å². The Hall–Kier alpha value is -0.870. The fourth-order valence-corrected chi connectivity index (χ4v) is 1.82. The summed E-state index contributed by atoms with van der Waals surface area (Å²) in [6.07, 6.45) is 0.543. The standard InChI is InChI=1S/C9H12O3S/c1-2-9(13(11)12)7-3-5-8(10)6-4-7/h3-6,9-10H,2H2,1H3,(H,11,12)/p-1. The van der Waals surface area contributed by atoms with E-state index < -0.39 is 16.3 Å². The molecular formula is C9H11O3S-. The van der Waals surface area contributed by atoms with Gasteiger partial charge in [0.05, 0.1) is 0 Å². The monoisotopic (exact) mass is 199 g/mol. The molecular weight excluding hydrogens is 188 g/mol. The van der Waals surface area contributed by atoms with Crippen molar-refractivity contribution in [3.8, 4) is 5.75 Å². The summed E-state index contributed by atoms with van der Waals surface area (Å²) in [6, 6.07) is 6.23. The molecule has 0 fully saturated rings. The Morgan fingerprint density at radius 1 is 1.46 bits per heavy atom. The van der Waals surface area contributed by atoms with E-state index in [1.165, 1.54) is 12.1 Å². The Morgan fingerprint density at radius 3 is 2.38 bits per heavy atom. The molecule has 1 rings (SSSR count). The molecule has 0 aliphatic carbocycles. The zero-order valence-electron chi connectivity index (χ0n) is 7.27.